The Kier molecular flexibility index (Phi) is 5.59. The van der Waals surface area contributed by atoms with Crippen molar-refractivity contribution >= 4 is 16.0 Å². The number of esters is 1. The zero-order valence-electron chi connectivity index (χ0n) is 15.1. The Morgan fingerprint density at radius 1 is 1.11 bits per heavy atom. The average molecular weight is 393 g/mol. The van der Waals surface area contributed by atoms with Gasteiger partial charge in [0.25, 0.3) is 0 Å². The molecule has 0 bridgehead atoms. The number of nitrogens with zero attached hydrogens (tertiary/aromatic N) is 1. The van der Waals surface area contributed by atoms with Crippen molar-refractivity contribution in [3.63, 3.8) is 0 Å². The number of ether oxygens (including phenoxy) is 2. The minimum atomic E-state index is -4.06. The third-order valence-corrected chi connectivity index (χ3v) is 6.20. The second kappa shape index (κ2) is 7.75. The monoisotopic (exact) mass is 393 g/mol. The van der Waals surface area contributed by atoms with Gasteiger partial charge in [-0.3, -0.25) is 0 Å². The summed E-state index contributed by atoms with van der Waals surface area (Å²) in [4.78, 5) is 11.9. The fourth-order valence-electron chi connectivity index (χ4n) is 2.83. The van der Waals surface area contributed by atoms with Gasteiger partial charge in [0.15, 0.2) is 0 Å². The van der Waals surface area contributed by atoms with E-state index in [0.29, 0.717) is 5.75 Å². The van der Waals surface area contributed by atoms with Crippen molar-refractivity contribution in [1.82, 2.24) is 4.31 Å². The van der Waals surface area contributed by atoms with Crippen LogP contribution in [0.25, 0.3) is 0 Å². The first kappa shape index (κ1) is 19.5. The van der Waals surface area contributed by atoms with E-state index in [1.54, 1.807) is 19.1 Å². The van der Waals surface area contributed by atoms with Crippen molar-refractivity contribution in [3.8, 4) is 5.75 Å². The van der Waals surface area contributed by atoms with E-state index in [9.17, 15) is 17.6 Å². The van der Waals surface area contributed by atoms with Crippen molar-refractivity contribution in [2.24, 2.45) is 0 Å². The van der Waals surface area contributed by atoms with Crippen LogP contribution in [0.1, 0.15) is 21.5 Å². The van der Waals surface area contributed by atoms with Gasteiger partial charge < -0.3 is 9.47 Å². The third-order valence-electron chi connectivity index (χ3n) is 4.29. The summed E-state index contributed by atoms with van der Waals surface area (Å²) in [6, 6.07) is 8.52. The molecule has 3 rings (SSSR count). The van der Waals surface area contributed by atoms with Gasteiger partial charge in [-0.05, 0) is 43.7 Å². The van der Waals surface area contributed by atoms with Gasteiger partial charge in [-0.2, -0.15) is 4.31 Å². The van der Waals surface area contributed by atoms with Crippen LogP contribution >= 0.6 is 0 Å². The van der Waals surface area contributed by atoms with Crippen LogP contribution in [0, 0.1) is 19.7 Å². The smallest absolute Gasteiger partial charge is 0.343 e. The van der Waals surface area contributed by atoms with E-state index in [1.165, 1.54) is 6.07 Å². The van der Waals surface area contributed by atoms with Gasteiger partial charge in [-0.25, -0.2) is 17.6 Å². The molecule has 0 amide bonds. The number of hydrogen-bond donors (Lipinski definition) is 0. The van der Waals surface area contributed by atoms with Crippen LogP contribution < -0.4 is 4.74 Å². The van der Waals surface area contributed by atoms with E-state index in [-0.39, 0.29) is 31.9 Å². The predicted molar refractivity (Wildman–Crippen MR) is 96.9 cm³/mol. The maximum Gasteiger partial charge on any atom is 0.343 e. The van der Waals surface area contributed by atoms with Gasteiger partial charge in [-0.1, -0.05) is 17.7 Å². The second-order valence-corrected chi connectivity index (χ2v) is 8.23. The van der Waals surface area contributed by atoms with Crippen LogP contribution in [0.4, 0.5) is 4.39 Å². The van der Waals surface area contributed by atoms with Gasteiger partial charge in [0.2, 0.25) is 10.0 Å². The summed E-state index contributed by atoms with van der Waals surface area (Å²) >= 11 is 0. The minimum Gasteiger partial charge on any atom is -0.423 e. The molecule has 0 spiro atoms. The lowest BCUT2D eigenvalue weighted by Crippen LogP contribution is -2.41. The highest BCUT2D eigenvalue weighted by atomic mass is 32.2. The lowest BCUT2D eigenvalue weighted by atomic mass is 10.1. The van der Waals surface area contributed by atoms with Gasteiger partial charge >= 0.3 is 5.97 Å². The van der Waals surface area contributed by atoms with Gasteiger partial charge in [0.05, 0.1) is 18.8 Å². The normalized spacial score (nSPS) is 15.5. The van der Waals surface area contributed by atoms with Crippen LogP contribution in [0.3, 0.4) is 0 Å². The highest BCUT2D eigenvalue weighted by Crippen LogP contribution is 2.24. The first-order chi connectivity index (χ1) is 12.8. The Morgan fingerprint density at radius 3 is 2.48 bits per heavy atom. The highest BCUT2D eigenvalue weighted by molar-refractivity contribution is 7.89. The summed E-state index contributed by atoms with van der Waals surface area (Å²) in [6.45, 7) is 4.48. The number of carbonyl (C=O) groups excluding carboxylic acids is 1. The number of halogens is 1. The van der Waals surface area contributed by atoms with Gasteiger partial charge in [-0.15, -0.1) is 0 Å². The fourth-order valence-corrected chi connectivity index (χ4v) is 4.33. The number of aryl methyl sites for hydroxylation is 2. The molecule has 0 radical (unpaired) electrons. The number of rotatable bonds is 4. The zero-order chi connectivity index (χ0) is 19.6. The molecule has 0 aliphatic carbocycles. The lowest BCUT2D eigenvalue weighted by Gasteiger charge is -2.26. The van der Waals surface area contributed by atoms with Crippen LogP contribution in [0.2, 0.25) is 0 Å². The van der Waals surface area contributed by atoms with Crippen LogP contribution in [-0.4, -0.2) is 45.0 Å². The number of hydrogen-bond acceptors (Lipinski definition) is 5. The maximum absolute atomic E-state index is 14.2. The Bertz CT molecular complexity index is 968. The first-order valence-electron chi connectivity index (χ1n) is 8.46. The molecule has 0 aromatic heterocycles. The topological polar surface area (TPSA) is 72.9 Å². The lowest BCUT2D eigenvalue weighted by molar-refractivity contribution is 0.0726. The largest absolute Gasteiger partial charge is 0.423 e. The van der Waals surface area contributed by atoms with Crippen LogP contribution in [0.5, 0.6) is 5.75 Å². The summed E-state index contributed by atoms with van der Waals surface area (Å²) in [5.74, 6) is -1.29. The van der Waals surface area contributed by atoms with Gasteiger partial charge in [0, 0.05) is 13.1 Å². The summed E-state index contributed by atoms with van der Waals surface area (Å²) < 4.78 is 51.3. The van der Waals surface area contributed by atoms with E-state index in [4.69, 9.17) is 9.47 Å². The molecule has 0 N–H and O–H groups in total. The van der Waals surface area contributed by atoms with Crippen molar-refractivity contribution in [2.45, 2.75) is 18.7 Å². The standard InChI is InChI=1S/C19H20FNO5S/c1-13-3-6-17(14(2)11-13)26-19(22)15-4-5-16(20)18(12-15)27(23,24)21-7-9-25-10-8-21/h3-6,11-12H,7-10H2,1-2H3. The highest BCUT2D eigenvalue weighted by Gasteiger charge is 2.30. The summed E-state index contributed by atoms with van der Waals surface area (Å²) in [7, 11) is -4.06. The number of carbonyl (C=O) groups is 1. The van der Waals surface area contributed by atoms with E-state index >= 15 is 0 Å². The summed E-state index contributed by atoms with van der Waals surface area (Å²) in [5.41, 5.74) is 1.75. The predicted octanol–water partition coefficient (Wildman–Crippen LogP) is 2.68. The number of sulfonamides is 1. The van der Waals surface area contributed by atoms with E-state index in [1.807, 2.05) is 13.0 Å². The number of benzene rings is 2. The van der Waals surface area contributed by atoms with Gasteiger partial charge in [0.1, 0.15) is 16.5 Å². The summed E-state index contributed by atoms with van der Waals surface area (Å²) in [5, 5.41) is 0. The molecule has 1 heterocycles. The third kappa shape index (κ3) is 4.18. The molecular weight excluding hydrogens is 373 g/mol. The number of morpholine rings is 1. The molecule has 2 aromatic carbocycles. The molecule has 2 aromatic rings. The first-order valence-corrected chi connectivity index (χ1v) is 9.90. The fraction of sp³-hybridized carbons (Fsp3) is 0.316. The molecule has 0 saturated carbocycles. The molecule has 1 aliphatic rings. The molecule has 144 valence electrons. The Morgan fingerprint density at radius 2 is 1.81 bits per heavy atom. The average Bonchev–Trinajstić information content (AvgIpc) is 2.65. The molecule has 1 fully saturated rings. The Hall–Kier alpha value is -2.29. The van der Waals surface area contributed by atoms with Crippen molar-refractivity contribution in [3.05, 3.63) is 58.9 Å². The molecule has 0 atom stereocenters. The molecule has 6 nitrogen and oxygen atoms in total. The SMILES string of the molecule is Cc1ccc(OC(=O)c2ccc(F)c(S(=O)(=O)N3CCOCC3)c2)c(C)c1. The quantitative estimate of drug-likeness (QED) is 0.590. The van der Waals surface area contributed by atoms with E-state index in [2.05, 4.69) is 0 Å². The van der Waals surface area contributed by atoms with Crippen LogP contribution in [0.15, 0.2) is 41.3 Å². The Labute approximate surface area is 157 Å². The molecule has 0 unspecified atom stereocenters. The maximum atomic E-state index is 14.2. The molecule has 1 saturated heterocycles. The molecular formula is C19H20FNO5S. The molecule has 1 aliphatic heterocycles. The second-order valence-electron chi connectivity index (χ2n) is 6.32. The van der Waals surface area contributed by atoms with E-state index in [0.717, 1.165) is 27.6 Å². The van der Waals surface area contributed by atoms with Crippen LogP contribution in [-0.2, 0) is 14.8 Å². The van der Waals surface area contributed by atoms with Crippen molar-refractivity contribution in [2.75, 3.05) is 26.3 Å². The van der Waals surface area contributed by atoms with E-state index < -0.39 is 26.7 Å². The van der Waals surface area contributed by atoms with Crippen molar-refractivity contribution in [1.29, 1.82) is 0 Å². The molecule has 8 heteroatoms. The van der Waals surface area contributed by atoms with Crippen molar-refractivity contribution < 1.29 is 27.1 Å². The summed E-state index contributed by atoms with van der Waals surface area (Å²) in [6.07, 6.45) is 0. The Balaban J connectivity index is 1.89. The molecule has 27 heavy (non-hydrogen) atoms. The minimum absolute atomic E-state index is 0.0387. The zero-order valence-corrected chi connectivity index (χ0v) is 15.9.